The van der Waals surface area contributed by atoms with Crippen molar-refractivity contribution in [2.45, 2.75) is 161 Å². The molecule has 5 N–H and O–H groups in total. The summed E-state index contributed by atoms with van der Waals surface area (Å²) in [4.78, 5) is 27.7. The van der Waals surface area contributed by atoms with E-state index in [2.05, 4.69) is 13.8 Å². The number of ketones is 2. The lowest BCUT2D eigenvalue weighted by molar-refractivity contribution is 0.0970. The summed E-state index contributed by atoms with van der Waals surface area (Å²) in [5.74, 6) is -3.12. The third-order valence-electron chi connectivity index (χ3n) is 10.7. The Hall–Kier alpha value is -4.20. The minimum Gasteiger partial charge on any atom is -0.508 e. The van der Waals surface area contributed by atoms with E-state index in [0.29, 0.717) is 29.7 Å². The van der Waals surface area contributed by atoms with Crippen LogP contribution in [0.15, 0.2) is 42.5 Å². The molecule has 8 heteroatoms. The highest BCUT2D eigenvalue weighted by atomic mass is 16.5. The Bertz CT molecular complexity index is 1550. The minimum atomic E-state index is -0.766. The van der Waals surface area contributed by atoms with Gasteiger partial charge >= 0.3 is 0 Å². The third-order valence-corrected chi connectivity index (χ3v) is 10.7. The SMILES string of the molecule is CCCCCCCCCCCC(=O)c1c(O)c(C(=O)CCCCCCCCCCC)c(O)c([C@@H]2C[C@H](c3ccc(O)cc3)Oc3cc(O)ccc32)c1O. The molecule has 0 spiro atoms. The fraction of sp³-hybridized carbons (Fsp3) is 0.556. The molecule has 0 radical (unpaired) electrons. The zero-order valence-electron chi connectivity index (χ0n) is 32.0. The van der Waals surface area contributed by atoms with Crippen LogP contribution in [-0.2, 0) is 0 Å². The van der Waals surface area contributed by atoms with Gasteiger partial charge in [0, 0.05) is 36.0 Å². The molecule has 3 aromatic carbocycles. The molecule has 1 aliphatic rings. The van der Waals surface area contributed by atoms with E-state index in [0.717, 1.165) is 51.4 Å². The first kappa shape index (κ1) is 41.6. The second-order valence-electron chi connectivity index (χ2n) is 14.9. The highest BCUT2D eigenvalue weighted by Gasteiger charge is 2.38. The fourth-order valence-corrected chi connectivity index (χ4v) is 7.65. The molecule has 0 saturated heterocycles. The molecule has 0 saturated carbocycles. The van der Waals surface area contributed by atoms with Crippen molar-refractivity contribution in [2.75, 3.05) is 0 Å². The van der Waals surface area contributed by atoms with Crippen LogP contribution in [0.5, 0.6) is 34.5 Å². The maximum Gasteiger partial charge on any atom is 0.170 e. The Labute approximate surface area is 316 Å². The highest BCUT2D eigenvalue weighted by molar-refractivity contribution is 6.09. The van der Waals surface area contributed by atoms with Crippen LogP contribution in [0.4, 0.5) is 0 Å². The van der Waals surface area contributed by atoms with Crippen LogP contribution in [0.1, 0.15) is 198 Å². The maximum atomic E-state index is 13.9. The summed E-state index contributed by atoms with van der Waals surface area (Å²) in [6.45, 7) is 4.40. The van der Waals surface area contributed by atoms with Gasteiger partial charge in [-0.1, -0.05) is 135 Å². The third kappa shape index (κ3) is 11.6. The van der Waals surface area contributed by atoms with E-state index in [1.165, 1.54) is 75.6 Å². The molecule has 290 valence electrons. The van der Waals surface area contributed by atoms with E-state index >= 15 is 0 Å². The molecule has 8 nitrogen and oxygen atoms in total. The number of hydrogen-bond donors (Lipinski definition) is 5. The Morgan fingerprint density at radius 1 is 0.566 bits per heavy atom. The predicted octanol–water partition coefficient (Wildman–Crippen LogP) is 12.1. The van der Waals surface area contributed by atoms with Crippen molar-refractivity contribution in [1.82, 2.24) is 0 Å². The van der Waals surface area contributed by atoms with E-state index in [-0.39, 0.29) is 47.5 Å². The van der Waals surface area contributed by atoms with Gasteiger partial charge < -0.3 is 30.3 Å². The fourth-order valence-electron chi connectivity index (χ4n) is 7.65. The van der Waals surface area contributed by atoms with Crippen LogP contribution in [0, 0.1) is 0 Å². The summed E-state index contributed by atoms with van der Waals surface area (Å²) in [5, 5.41) is 55.5. The molecule has 1 aliphatic heterocycles. The monoisotopic (exact) mass is 730 g/mol. The summed E-state index contributed by atoms with van der Waals surface area (Å²) in [5.41, 5.74) is 0.570. The minimum absolute atomic E-state index is 0.0207. The highest BCUT2D eigenvalue weighted by Crippen LogP contribution is 2.54. The van der Waals surface area contributed by atoms with Crippen LogP contribution >= 0.6 is 0 Å². The molecule has 0 unspecified atom stereocenters. The number of phenols is 5. The predicted molar refractivity (Wildman–Crippen MR) is 210 cm³/mol. The first-order chi connectivity index (χ1) is 25.7. The first-order valence-electron chi connectivity index (χ1n) is 20.3. The molecular formula is C45H62O8. The Kier molecular flexibility index (Phi) is 16.8. The van der Waals surface area contributed by atoms with Gasteiger partial charge in [-0.25, -0.2) is 0 Å². The van der Waals surface area contributed by atoms with Crippen LogP contribution in [0.2, 0.25) is 0 Å². The number of fused-ring (bicyclic) bond motifs is 1. The van der Waals surface area contributed by atoms with Crippen molar-refractivity contribution < 1.29 is 39.9 Å². The number of carbonyl (C=O) groups is 2. The quantitative estimate of drug-likeness (QED) is 0.0452. The van der Waals surface area contributed by atoms with Crippen molar-refractivity contribution in [3.05, 3.63) is 70.3 Å². The van der Waals surface area contributed by atoms with E-state index in [1.807, 2.05) is 0 Å². The summed E-state index contributed by atoms with van der Waals surface area (Å²) < 4.78 is 6.29. The van der Waals surface area contributed by atoms with Gasteiger partial charge in [0.2, 0.25) is 0 Å². The second kappa shape index (κ2) is 21.5. The van der Waals surface area contributed by atoms with E-state index in [4.69, 9.17) is 4.74 Å². The molecule has 3 aromatic rings. The van der Waals surface area contributed by atoms with Crippen LogP contribution in [0.25, 0.3) is 0 Å². The van der Waals surface area contributed by atoms with Crippen molar-refractivity contribution in [2.24, 2.45) is 0 Å². The number of hydrogen-bond acceptors (Lipinski definition) is 8. The Morgan fingerprint density at radius 3 is 1.47 bits per heavy atom. The van der Waals surface area contributed by atoms with Crippen molar-refractivity contribution >= 4 is 11.6 Å². The van der Waals surface area contributed by atoms with Gasteiger partial charge in [-0.2, -0.15) is 0 Å². The number of ether oxygens (including phenoxy) is 1. The van der Waals surface area contributed by atoms with Crippen molar-refractivity contribution in [3.63, 3.8) is 0 Å². The number of benzene rings is 3. The number of carbonyl (C=O) groups excluding carboxylic acids is 2. The molecule has 0 aromatic heterocycles. The summed E-state index contributed by atoms with van der Waals surface area (Å²) in [6.07, 6.45) is 18.9. The lowest BCUT2D eigenvalue weighted by Crippen LogP contribution is -2.21. The molecule has 2 atom stereocenters. The molecule has 1 heterocycles. The summed E-state index contributed by atoms with van der Waals surface area (Å²) >= 11 is 0. The zero-order valence-corrected chi connectivity index (χ0v) is 32.0. The molecule has 0 fully saturated rings. The van der Waals surface area contributed by atoms with Gasteiger partial charge in [-0.3, -0.25) is 9.59 Å². The Balaban J connectivity index is 1.62. The van der Waals surface area contributed by atoms with Gasteiger partial charge in [0.15, 0.2) is 11.6 Å². The Morgan fingerprint density at radius 2 is 1.00 bits per heavy atom. The largest absolute Gasteiger partial charge is 0.508 e. The molecule has 53 heavy (non-hydrogen) atoms. The standard InChI is InChI=1S/C45H62O8/c1-3-5-7-9-11-13-15-17-19-21-36(48)41-43(50)40(44(51)42(45(41)52)37(49)22-20-18-16-14-12-10-8-6-4-2)35-30-38(31-23-25-32(46)26-24-31)53-39-29-33(47)27-28-34(35)39/h23-29,35,38,46-47,50-52H,3-22,30H2,1-2H3/t35-,38-/m1/s1. The van der Waals surface area contributed by atoms with Crippen LogP contribution in [-0.4, -0.2) is 37.1 Å². The van der Waals surface area contributed by atoms with Gasteiger partial charge in [0.1, 0.15) is 51.7 Å². The van der Waals surface area contributed by atoms with E-state index in [9.17, 15) is 35.1 Å². The number of phenolic OH excluding ortho intramolecular Hbond substituents is 5. The van der Waals surface area contributed by atoms with E-state index < -0.39 is 40.8 Å². The maximum absolute atomic E-state index is 13.9. The van der Waals surface area contributed by atoms with Crippen molar-refractivity contribution in [3.8, 4) is 34.5 Å². The number of Topliss-reactive ketones (excluding diaryl/α,β-unsaturated/α-hetero) is 2. The van der Waals surface area contributed by atoms with Crippen LogP contribution in [0.3, 0.4) is 0 Å². The molecule has 4 rings (SSSR count). The molecular weight excluding hydrogens is 668 g/mol. The smallest absolute Gasteiger partial charge is 0.170 e. The molecule has 0 amide bonds. The zero-order chi connectivity index (χ0) is 38.2. The number of aromatic hydroxyl groups is 5. The van der Waals surface area contributed by atoms with Gasteiger partial charge in [-0.15, -0.1) is 0 Å². The lowest BCUT2D eigenvalue weighted by atomic mass is 9.79. The number of rotatable bonds is 24. The summed E-state index contributed by atoms with van der Waals surface area (Å²) in [6, 6.07) is 11.1. The lowest BCUT2D eigenvalue weighted by Gasteiger charge is -2.34. The average molecular weight is 731 g/mol. The van der Waals surface area contributed by atoms with Gasteiger partial charge in [0.25, 0.3) is 0 Å². The summed E-state index contributed by atoms with van der Waals surface area (Å²) in [7, 11) is 0. The first-order valence-corrected chi connectivity index (χ1v) is 20.3. The number of unbranched alkanes of at least 4 members (excludes halogenated alkanes) is 16. The second-order valence-corrected chi connectivity index (χ2v) is 14.9. The van der Waals surface area contributed by atoms with Crippen molar-refractivity contribution in [1.29, 1.82) is 0 Å². The molecule has 0 aliphatic carbocycles. The van der Waals surface area contributed by atoms with Gasteiger partial charge in [0.05, 0.1) is 0 Å². The normalized spacial score (nSPS) is 15.2. The van der Waals surface area contributed by atoms with Gasteiger partial charge in [-0.05, 0) is 43.0 Å². The van der Waals surface area contributed by atoms with E-state index in [1.54, 1.807) is 18.2 Å². The topological polar surface area (TPSA) is 145 Å². The molecule has 0 bridgehead atoms. The average Bonchev–Trinajstić information content (AvgIpc) is 3.13. The van der Waals surface area contributed by atoms with Crippen LogP contribution < -0.4 is 4.74 Å².